The van der Waals surface area contributed by atoms with Gasteiger partial charge in [0.25, 0.3) is 0 Å². The molecule has 1 atom stereocenters. The van der Waals surface area contributed by atoms with Crippen LogP contribution in [0.1, 0.15) is 23.1 Å². The third-order valence-corrected chi connectivity index (χ3v) is 4.21. The SMILES string of the molecule is COC1(C(=O)O)CCN(C(=O)Cc2cc(C)ccc2C)C1. The number of carbonyl (C=O) groups is 2. The molecule has 1 aliphatic rings. The molecule has 0 bridgehead atoms. The van der Waals surface area contributed by atoms with Crippen LogP contribution in [-0.4, -0.2) is 47.7 Å². The fourth-order valence-corrected chi connectivity index (χ4v) is 2.69. The summed E-state index contributed by atoms with van der Waals surface area (Å²) in [5.41, 5.74) is 1.92. The first-order valence-corrected chi connectivity index (χ1v) is 7.00. The molecular weight excluding hydrogens is 270 g/mol. The molecule has 5 nitrogen and oxygen atoms in total. The lowest BCUT2D eigenvalue weighted by atomic mass is 10.0. The largest absolute Gasteiger partial charge is 0.479 e. The third kappa shape index (κ3) is 3.08. The minimum atomic E-state index is -1.25. The van der Waals surface area contributed by atoms with Gasteiger partial charge in [0.15, 0.2) is 5.60 Å². The second-order valence-electron chi connectivity index (χ2n) is 5.68. The predicted octanol–water partition coefficient (Wildman–Crippen LogP) is 1.55. The number of carboxylic acids is 1. The Morgan fingerprint density at radius 3 is 2.67 bits per heavy atom. The number of aliphatic carboxylic acids is 1. The highest BCUT2D eigenvalue weighted by Gasteiger charge is 2.46. The number of likely N-dealkylation sites (tertiary alicyclic amines) is 1. The summed E-state index contributed by atoms with van der Waals surface area (Å²) in [5.74, 6) is -1.06. The van der Waals surface area contributed by atoms with Crippen LogP contribution in [0, 0.1) is 13.8 Å². The molecule has 1 amide bonds. The van der Waals surface area contributed by atoms with E-state index >= 15 is 0 Å². The van der Waals surface area contributed by atoms with Crippen LogP contribution in [0.3, 0.4) is 0 Å². The summed E-state index contributed by atoms with van der Waals surface area (Å²) >= 11 is 0. The average molecular weight is 291 g/mol. The highest BCUT2D eigenvalue weighted by Crippen LogP contribution is 2.26. The van der Waals surface area contributed by atoms with Crippen LogP contribution in [0.15, 0.2) is 18.2 Å². The minimum absolute atomic E-state index is 0.0520. The number of benzene rings is 1. The van der Waals surface area contributed by atoms with Gasteiger partial charge >= 0.3 is 5.97 Å². The van der Waals surface area contributed by atoms with E-state index in [-0.39, 0.29) is 12.5 Å². The number of carboxylic acid groups (broad SMARTS) is 1. The maximum absolute atomic E-state index is 12.4. The fourth-order valence-electron chi connectivity index (χ4n) is 2.69. The van der Waals surface area contributed by atoms with Gasteiger partial charge < -0.3 is 14.7 Å². The number of aryl methyl sites for hydroxylation is 2. The first-order valence-electron chi connectivity index (χ1n) is 7.00. The molecule has 0 aliphatic carbocycles. The third-order valence-electron chi connectivity index (χ3n) is 4.21. The highest BCUT2D eigenvalue weighted by molar-refractivity contribution is 5.83. The summed E-state index contributed by atoms with van der Waals surface area (Å²) in [7, 11) is 1.38. The summed E-state index contributed by atoms with van der Waals surface area (Å²) < 4.78 is 5.14. The van der Waals surface area contributed by atoms with Gasteiger partial charge in [-0.1, -0.05) is 23.8 Å². The number of methoxy groups -OCH3 is 1. The second-order valence-corrected chi connectivity index (χ2v) is 5.68. The molecule has 0 spiro atoms. The van der Waals surface area contributed by atoms with Gasteiger partial charge in [0.2, 0.25) is 5.91 Å². The van der Waals surface area contributed by atoms with Gasteiger partial charge in [-0.05, 0) is 25.0 Å². The van der Waals surface area contributed by atoms with Crippen LogP contribution in [-0.2, 0) is 20.7 Å². The van der Waals surface area contributed by atoms with E-state index in [4.69, 9.17) is 4.74 Å². The summed E-state index contributed by atoms with van der Waals surface area (Å²) in [6.45, 7) is 4.50. The summed E-state index contributed by atoms with van der Waals surface area (Å²) in [4.78, 5) is 25.3. The molecule has 0 radical (unpaired) electrons. The number of nitrogens with zero attached hydrogens (tertiary/aromatic N) is 1. The lowest BCUT2D eigenvalue weighted by molar-refractivity contribution is -0.160. The van der Waals surface area contributed by atoms with Crippen LogP contribution in [0.2, 0.25) is 0 Å². The minimum Gasteiger partial charge on any atom is -0.479 e. The van der Waals surface area contributed by atoms with Gasteiger partial charge in [-0.3, -0.25) is 4.79 Å². The second kappa shape index (κ2) is 5.85. The van der Waals surface area contributed by atoms with Crippen molar-refractivity contribution in [2.75, 3.05) is 20.2 Å². The molecule has 1 aliphatic heterocycles. The predicted molar refractivity (Wildman–Crippen MR) is 78.2 cm³/mol. The van der Waals surface area contributed by atoms with Crippen LogP contribution < -0.4 is 0 Å². The lowest BCUT2D eigenvalue weighted by Gasteiger charge is -2.23. The van der Waals surface area contributed by atoms with Crippen LogP contribution in [0.4, 0.5) is 0 Å². The summed E-state index contributed by atoms with van der Waals surface area (Å²) in [6, 6.07) is 6.02. The van der Waals surface area contributed by atoms with Gasteiger partial charge in [0.05, 0.1) is 13.0 Å². The zero-order valence-corrected chi connectivity index (χ0v) is 12.7. The Morgan fingerprint density at radius 1 is 1.38 bits per heavy atom. The zero-order valence-electron chi connectivity index (χ0n) is 12.7. The molecule has 1 unspecified atom stereocenters. The summed E-state index contributed by atoms with van der Waals surface area (Å²) in [6.07, 6.45) is 0.629. The molecule has 1 N–H and O–H groups in total. The number of rotatable bonds is 4. The van der Waals surface area contributed by atoms with E-state index in [2.05, 4.69) is 0 Å². The van der Waals surface area contributed by atoms with E-state index in [0.29, 0.717) is 19.4 Å². The fraction of sp³-hybridized carbons (Fsp3) is 0.500. The van der Waals surface area contributed by atoms with Crippen molar-refractivity contribution in [2.45, 2.75) is 32.3 Å². The molecule has 1 aromatic rings. The first-order chi connectivity index (χ1) is 9.88. The van der Waals surface area contributed by atoms with Gasteiger partial charge in [-0.2, -0.15) is 0 Å². The van der Waals surface area contributed by atoms with Crippen molar-refractivity contribution >= 4 is 11.9 Å². The summed E-state index contributed by atoms with van der Waals surface area (Å²) in [5, 5.41) is 9.27. The first kappa shape index (κ1) is 15.5. The van der Waals surface area contributed by atoms with Gasteiger partial charge in [-0.15, -0.1) is 0 Å². The molecule has 21 heavy (non-hydrogen) atoms. The van der Waals surface area contributed by atoms with Crippen molar-refractivity contribution in [3.63, 3.8) is 0 Å². The van der Waals surface area contributed by atoms with Gasteiger partial charge in [0, 0.05) is 20.1 Å². The van der Waals surface area contributed by atoms with Crippen LogP contribution in [0.25, 0.3) is 0 Å². The van der Waals surface area contributed by atoms with E-state index in [9.17, 15) is 14.7 Å². The van der Waals surface area contributed by atoms with E-state index < -0.39 is 11.6 Å². The topological polar surface area (TPSA) is 66.8 Å². The smallest absolute Gasteiger partial charge is 0.337 e. The number of carbonyl (C=O) groups excluding carboxylic acids is 1. The number of hydrogen-bond acceptors (Lipinski definition) is 3. The molecule has 1 aromatic carbocycles. The molecule has 0 aromatic heterocycles. The molecule has 1 saturated heterocycles. The monoisotopic (exact) mass is 291 g/mol. The maximum Gasteiger partial charge on any atom is 0.337 e. The van der Waals surface area contributed by atoms with Crippen molar-refractivity contribution in [1.82, 2.24) is 4.90 Å². The molecule has 5 heteroatoms. The lowest BCUT2D eigenvalue weighted by Crippen LogP contribution is -2.44. The number of hydrogen-bond donors (Lipinski definition) is 1. The van der Waals surface area contributed by atoms with Crippen LogP contribution >= 0.6 is 0 Å². The number of ether oxygens (including phenoxy) is 1. The molecule has 1 fully saturated rings. The molecule has 2 rings (SSSR count). The van der Waals surface area contributed by atoms with Crippen molar-refractivity contribution in [3.8, 4) is 0 Å². The van der Waals surface area contributed by atoms with Crippen molar-refractivity contribution in [2.24, 2.45) is 0 Å². The Hall–Kier alpha value is -1.88. The Labute approximate surface area is 124 Å². The Kier molecular flexibility index (Phi) is 4.32. The Bertz CT molecular complexity index is 569. The Morgan fingerprint density at radius 2 is 2.10 bits per heavy atom. The van der Waals surface area contributed by atoms with Crippen LogP contribution in [0.5, 0.6) is 0 Å². The average Bonchev–Trinajstić information content (AvgIpc) is 2.89. The molecule has 0 saturated carbocycles. The highest BCUT2D eigenvalue weighted by atomic mass is 16.5. The van der Waals surface area contributed by atoms with E-state index in [1.165, 1.54) is 7.11 Å². The quantitative estimate of drug-likeness (QED) is 0.914. The standard InChI is InChI=1S/C16H21NO4/c1-11-4-5-12(2)13(8-11)9-14(18)17-7-6-16(10-17,21-3)15(19)20/h4-5,8H,6-7,9-10H2,1-3H3,(H,19,20). The van der Waals surface area contributed by atoms with Crippen molar-refractivity contribution < 1.29 is 19.4 Å². The van der Waals surface area contributed by atoms with E-state index in [1.807, 2.05) is 32.0 Å². The van der Waals surface area contributed by atoms with Gasteiger partial charge in [-0.25, -0.2) is 4.79 Å². The molecular formula is C16H21NO4. The number of amides is 1. The normalized spacial score (nSPS) is 21.6. The Balaban J connectivity index is 2.09. The van der Waals surface area contributed by atoms with Gasteiger partial charge in [0.1, 0.15) is 0 Å². The van der Waals surface area contributed by atoms with Crippen molar-refractivity contribution in [3.05, 3.63) is 34.9 Å². The van der Waals surface area contributed by atoms with E-state index in [0.717, 1.165) is 16.7 Å². The zero-order chi connectivity index (χ0) is 15.6. The van der Waals surface area contributed by atoms with Crippen molar-refractivity contribution in [1.29, 1.82) is 0 Å². The molecule has 1 heterocycles. The van der Waals surface area contributed by atoms with E-state index in [1.54, 1.807) is 4.90 Å². The maximum atomic E-state index is 12.4. The molecule has 114 valence electrons.